The molecule has 0 aromatic heterocycles. The Hall–Kier alpha value is -1.26. The van der Waals surface area contributed by atoms with Crippen LogP contribution in [0.15, 0.2) is 46.9 Å². The normalized spacial score (nSPS) is 14.1. The molecule has 0 spiro atoms. The van der Waals surface area contributed by atoms with Crippen LogP contribution in [0.25, 0.3) is 0 Å². The van der Waals surface area contributed by atoms with Crippen LogP contribution in [0, 0.1) is 11.6 Å². The van der Waals surface area contributed by atoms with E-state index in [2.05, 4.69) is 21.2 Å². The van der Waals surface area contributed by atoms with Gasteiger partial charge in [-0.15, -0.1) is 0 Å². The highest BCUT2D eigenvalue weighted by atomic mass is 79.9. The van der Waals surface area contributed by atoms with Gasteiger partial charge in [0.25, 0.3) is 0 Å². The molecule has 2 atom stereocenters. The van der Waals surface area contributed by atoms with Crippen LogP contribution in [-0.4, -0.2) is 0 Å². The molecule has 0 bridgehead atoms. The lowest BCUT2D eigenvalue weighted by Gasteiger charge is -2.21. The SMILES string of the molecule is CC(N[C@@H](C)c1cccc(Br)c1)c1cc(F)ccc1F. The molecule has 0 aliphatic carbocycles. The number of nitrogens with one attached hydrogen (secondary N) is 1. The second-order valence-corrected chi connectivity index (χ2v) is 5.75. The molecule has 2 aromatic rings. The third-order valence-electron chi connectivity index (χ3n) is 3.27. The molecule has 0 fully saturated rings. The smallest absolute Gasteiger partial charge is 0.128 e. The number of hydrogen-bond acceptors (Lipinski definition) is 1. The fourth-order valence-corrected chi connectivity index (χ4v) is 2.60. The second kappa shape index (κ2) is 6.46. The van der Waals surface area contributed by atoms with E-state index >= 15 is 0 Å². The molecular formula is C16H16BrF2N. The Balaban J connectivity index is 2.15. The van der Waals surface area contributed by atoms with Crippen LogP contribution in [0.1, 0.15) is 37.1 Å². The summed E-state index contributed by atoms with van der Waals surface area (Å²) in [5.41, 5.74) is 1.43. The van der Waals surface area contributed by atoms with Crippen LogP contribution in [0.4, 0.5) is 8.78 Å². The first-order chi connectivity index (χ1) is 9.47. The summed E-state index contributed by atoms with van der Waals surface area (Å²) in [6.45, 7) is 3.82. The zero-order valence-corrected chi connectivity index (χ0v) is 12.9. The zero-order valence-electron chi connectivity index (χ0n) is 11.3. The van der Waals surface area contributed by atoms with Gasteiger partial charge in [-0.2, -0.15) is 0 Å². The molecule has 1 unspecified atom stereocenters. The van der Waals surface area contributed by atoms with Crippen molar-refractivity contribution >= 4 is 15.9 Å². The number of halogens is 3. The molecule has 2 rings (SSSR count). The highest BCUT2D eigenvalue weighted by molar-refractivity contribution is 9.10. The van der Waals surface area contributed by atoms with Crippen molar-refractivity contribution in [3.05, 3.63) is 69.7 Å². The van der Waals surface area contributed by atoms with Crippen molar-refractivity contribution in [3.63, 3.8) is 0 Å². The maximum Gasteiger partial charge on any atom is 0.128 e. The molecule has 2 aromatic carbocycles. The monoisotopic (exact) mass is 339 g/mol. The molecule has 0 saturated heterocycles. The van der Waals surface area contributed by atoms with Crippen LogP contribution in [0.3, 0.4) is 0 Å². The summed E-state index contributed by atoms with van der Waals surface area (Å²) < 4.78 is 27.9. The Labute approximate surface area is 126 Å². The first-order valence-corrected chi connectivity index (χ1v) is 7.23. The number of benzene rings is 2. The van der Waals surface area contributed by atoms with Crippen molar-refractivity contribution in [1.82, 2.24) is 5.32 Å². The van der Waals surface area contributed by atoms with E-state index in [0.717, 1.165) is 22.2 Å². The first-order valence-electron chi connectivity index (χ1n) is 6.44. The van der Waals surface area contributed by atoms with E-state index in [9.17, 15) is 8.78 Å². The molecule has 1 N–H and O–H groups in total. The van der Waals surface area contributed by atoms with Crippen LogP contribution in [-0.2, 0) is 0 Å². The Morgan fingerprint density at radius 2 is 1.75 bits per heavy atom. The van der Waals surface area contributed by atoms with Crippen molar-refractivity contribution in [3.8, 4) is 0 Å². The van der Waals surface area contributed by atoms with Gasteiger partial charge >= 0.3 is 0 Å². The predicted molar refractivity (Wildman–Crippen MR) is 80.5 cm³/mol. The molecule has 106 valence electrons. The van der Waals surface area contributed by atoms with Crippen molar-refractivity contribution in [2.45, 2.75) is 25.9 Å². The van der Waals surface area contributed by atoms with E-state index in [0.29, 0.717) is 5.56 Å². The Morgan fingerprint density at radius 1 is 1.00 bits per heavy atom. The minimum atomic E-state index is -0.426. The molecule has 0 aliphatic heterocycles. The summed E-state index contributed by atoms with van der Waals surface area (Å²) in [7, 11) is 0. The average molecular weight is 340 g/mol. The first kappa shape index (κ1) is 15.1. The third-order valence-corrected chi connectivity index (χ3v) is 3.77. The molecule has 20 heavy (non-hydrogen) atoms. The van der Waals surface area contributed by atoms with Gasteiger partial charge in [-0.25, -0.2) is 8.78 Å². The Morgan fingerprint density at radius 3 is 2.45 bits per heavy atom. The second-order valence-electron chi connectivity index (χ2n) is 4.83. The van der Waals surface area contributed by atoms with Gasteiger partial charge < -0.3 is 5.32 Å². The molecule has 1 nitrogen and oxygen atoms in total. The van der Waals surface area contributed by atoms with Gasteiger partial charge in [0, 0.05) is 22.1 Å². The van der Waals surface area contributed by atoms with Gasteiger partial charge in [-0.05, 0) is 49.7 Å². The number of hydrogen-bond donors (Lipinski definition) is 1. The maximum atomic E-state index is 13.7. The maximum absolute atomic E-state index is 13.7. The topological polar surface area (TPSA) is 12.0 Å². The summed E-state index contributed by atoms with van der Waals surface area (Å²) in [6, 6.07) is 11.2. The van der Waals surface area contributed by atoms with Crippen molar-refractivity contribution in [1.29, 1.82) is 0 Å². The highest BCUT2D eigenvalue weighted by Crippen LogP contribution is 2.23. The molecule has 0 heterocycles. The van der Waals surface area contributed by atoms with Gasteiger partial charge in [-0.3, -0.25) is 0 Å². The van der Waals surface area contributed by atoms with E-state index in [-0.39, 0.29) is 12.1 Å². The summed E-state index contributed by atoms with van der Waals surface area (Å²) in [4.78, 5) is 0. The largest absolute Gasteiger partial charge is 0.304 e. The average Bonchev–Trinajstić information content (AvgIpc) is 2.41. The lowest BCUT2D eigenvalue weighted by Crippen LogP contribution is -2.23. The van der Waals surface area contributed by atoms with E-state index in [1.807, 2.05) is 38.1 Å². The number of rotatable bonds is 4. The standard InChI is InChI=1S/C16H16BrF2N/c1-10(12-4-3-5-13(17)8-12)20-11(2)15-9-14(18)6-7-16(15)19/h3-11,20H,1-2H3/t10-,11?/m0/s1. The van der Waals surface area contributed by atoms with Gasteiger partial charge in [0.2, 0.25) is 0 Å². The van der Waals surface area contributed by atoms with Crippen LogP contribution in [0.5, 0.6) is 0 Å². The third kappa shape index (κ3) is 3.64. The van der Waals surface area contributed by atoms with E-state index in [4.69, 9.17) is 0 Å². The van der Waals surface area contributed by atoms with Gasteiger partial charge in [0.05, 0.1) is 0 Å². The molecule has 0 saturated carbocycles. The fraction of sp³-hybridized carbons (Fsp3) is 0.250. The quantitative estimate of drug-likeness (QED) is 0.813. The molecule has 4 heteroatoms. The predicted octanol–water partition coefficient (Wildman–Crippen LogP) is 5.14. The fourth-order valence-electron chi connectivity index (χ4n) is 2.18. The van der Waals surface area contributed by atoms with E-state index < -0.39 is 11.6 Å². The lowest BCUT2D eigenvalue weighted by molar-refractivity contribution is 0.469. The van der Waals surface area contributed by atoms with Crippen LogP contribution < -0.4 is 5.32 Å². The minimum Gasteiger partial charge on any atom is -0.304 e. The minimum absolute atomic E-state index is 0.0326. The van der Waals surface area contributed by atoms with E-state index in [1.54, 1.807) is 0 Å². The Kier molecular flexibility index (Phi) is 4.89. The summed E-state index contributed by atoms with van der Waals surface area (Å²) in [5.74, 6) is -0.821. The Bertz CT molecular complexity index is 601. The molecular weight excluding hydrogens is 324 g/mol. The summed E-state index contributed by atoms with van der Waals surface area (Å²) in [5, 5.41) is 3.28. The van der Waals surface area contributed by atoms with Gasteiger partial charge in [-0.1, -0.05) is 28.1 Å². The van der Waals surface area contributed by atoms with Crippen molar-refractivity contribution in [2.75, 3.05) is 0 Å². The van der Waals surface area contributed by atoms with Crippen molar-refractivity contribution < 1.29 is 8.78 Å². The molecule has 0 amide bonds. The van der Waals surface area contributed by atoms with Gasteiger partial charge in [0.15, 0.2) is 0 Å². The zero-order chi connectivity index (χ0) is 14.7. The highest BCUT2D eigenvalue weighted by Gasteiger charge is 2.15. The molecule has 0 radical (unpaired) electrons. The molecule has 0 aliphatic rings. The van der Waals surface area contributed by atoms with Crippen LogP contribution >= 0.6 is 15.9 Å². The van der Waals surface area contributed by atoms with Crippen molar-refractivity contribution in [2.24, 2.45) is 0 Å². The lowest BCUT2D eigenvalue weighted by atomic mass is 10.0. The summed E-state index contributed by atoms with van der Waals surface area (Å²) in [6.07, 6.45) is 0. The van der Waals surface area contributed by atoms with Gasteiger partial charge in [0.1, 0.15) is 11.6 Å². The summed E-state index contributed by atoms with van der Waals surface area (Å²) >= 11 is 3.43. The van der Waals surface area contributed by atoms with Crippen LogP contribution in [0.2, 0.25) is 0 Å². The van der Waals surface area contributed by atoms with E-state index in [1.165, 1.54) is 6.07 Å².